The van der Waals surface area contributed by atoms with E-state index in [1.165, 1.54) is 6.92 Å². The minimum atomic E-state index is -4.46. The van der Waals surface area contributed by atoms with E-state index in [1.807, 2.05) is 0 Å². The molecule has 4 N–H and O–H groups in total. The van der Waals surface area contributed by atoms with E-state index in [9.17, 15) is 4.79 Å². The number of nitrogens with zero attached hydrogens (tertiary/aromatic N) is 1. The van der Waals surface area contributed by atoms with Crippen LogP contribution in [-0.4, -0.2) is 50.2 Å². The normalized spacial score (nSPS) is 14.8. The summed E-state index contributed by atoms with van der Waals surface area (Å²) in [5, 5.41) is 9.32. The molecule has 0 saturated heterocycles. The molecule has 0 fully saturated rings. The summed E-state index contributed by atoms with van der Waals surface area (Å²) in [6, 6.07) is 0. The van der Waals surface area contributed by atoms with Gasteiger partial charge in [-0.05, 0) is 0 Å². The van der Waals surface area contributed by atoms with Gasteiger partial charge in [0.25, 0.3) is 0 Å². The molecule has 0 saturated carbocycles. The molecule has 0 aromatic carbocycles. The molecule has 1 amide bonds. The summed E-state index contributed by atoms with van der Waals surface area (Å²) >= 11 is 0. The first-order chi connectivity index (χ1) is 5.58. The Hall–Kier alpha value is -0.260. The first-order valence-electron chi connectivity index (χ1n) is 3.81. The van der Waals surface area contributed by atoms with Gasteiger partial charge in [-0.1, -0.05) is 0 Å². The average Bonchev–Trinajstić information content (AvgIpc) is 1.82. The molecule has 0 aliphatic carbocycles. The summed E-state index contributed by atoms with van der Waals surface area (Å²) in [4.78, 5) is 37.5. The maximum absolute atomic E-state index is 10.5. The van der Waals surface area contributed by atoms with Crippen LogP contribution in [0.3, 0.4) is 0 Å². The van der Waals surface area contributed by atoms with Crippen molar-refractivity contribution in [3.05, 3.63) is 0 Å². The topological polar surface area (TPSA) is 101 Å². The van der Waals surface area contributed by atoms with Crippen LogP contribution >= 0.6 is 7.28 Å². The monoisotopic (exact) mass is 213 g/mol. The fourth-order valence-corrected chi connectivity index (χ4v) is 1.63. The zero-order valence-corrected chi connectivity index (χ0v) is 8.61. The molecule has 0 radical (unpaired) electrons. The molecule has 0 unspecified atom stereocenters. The van der Waals surface area contributed by atoms with Crippen LogP contribution in [-0.2, 0) is 4.79 Å². The van der Waals surface area contributed by atoms with Gasteiger partial charge < -0.3 is 0 Å². The maximum atomic E-state index is 10.5. The predicted octanol–water partition coefficient (Wildman–Crippen LogP) is -0.481. The molecule has 0 aliphatic heterocycles. The Morgan fingerprint density at radius 1 is 1.38 bits per heavy atom. The number of rotatable bonds is 4. The van der Waals surface area contributed by atoms with E-state index in [1.54, 1.807) is 0 Å². The first-order valence-corrected chi connectivity index (χ1v) is 6.53. The van der Waals surface area contributed by atoms with Crippen molar-refractivity contribution in [1.82, 2.24) is 5.06 Å². The van der Waals surface area contributed by atoms with Gasteiger partial charge in [0.15, 0.2) is 0 Å². The number of hydrogen-bond acceptors (Lipinski definition) is 5. The number of carbonyl (C=O) groups is 1. The van der Waals surface area contributed by atoms with Crippen molar-refractivity contribution in [1.29, 1.82) is 0 Å². The first kappa shape index (κ1) is 12.7. The van der Waals surface area contributed by atoms with Gasteiger partial charge in [0, 0.05) is 0 Å². The van der Waals surface area contributed by atoms with Crippen LogP contribution in [0.4, 0.5) is 0 Å². The van der Waals surface area contributed by atoms with E-state index in [2.05, 4.69) is 0 Å². The van der Waals surface area contributed by atoms with Gasteiger partial charge in [-0.15, -0.1) is 0 Å². The summed E-state index contributed by atoms with van der Waals surface area (Å²) in [7, 11) is -4.46. The van der Waals surface area contributed by atoms with Crippen LogP contribution in [0.1, 0.15) is 13.3 Å². The van der Waals surface area contributed by atoms with Gasteiger partial charge >= 0.3 is 75.7 Å². The van der Waals surface area contributed by atoms with E-state index in [-0.39, 0.29) is 19.1 Å². The van der Waals surface area contributed by atoms with E-state index in [4.69, 9.17) is 19.9 Å². The van der Waals surface area contributed by atoms with Crippen molar-refractivity contribution < 1.29 is 24.7 Å². The van der Waals surface area contributed by atoms with E-state index in [0.29, 0.717) is 5.06 Å². The molecule has 0 aliphatic rings. The number of hydrogen-bond donors (Lipinski definition) is 4. The van der Waals surface area contributed by atoms with Gasteiger partial charge in [-0.3, -0.25) is 0 Å². The SMILES string of the molecule is CC(=O)N(O)CCCP(C)(O)(O)O. The van der Waals surface area contributed by atoms with E-state index >= 15 is 0 Å². The summed E-state index contributed by atoms with van der Waals surface area (Å²) < 4.78 is 0. The Morgan fingerprint density at radius 2 is 1.85 bits per heavy atom. The van der Waals surface area contributed by atoms with Crippen molar-refractivity contribution >= 4 is 13.2 Å². The molecule has 6 nitrogen and oxygen atoms in total. The Balaban J connectivity index is 3.76. The Bertz CT molecular complexity index is 190. The third kappa shape index (κ3) is 8.08. The fourth-order valence-electron chi connectivity index (χ4n) is 0.748. The molecule has 0 atom stereocenters. The van der Waals surface area contributed by atoms with Crippen molar-refractivity contribution in [3.63, 3.8) is 0 Å². The van der Waals surface area contributed by atoms with Gasteiger partial charge in [-0.2, -0.15) is 0 Å². The van der Waals surface area contributed by atoms with Crippen LogP contribution < -0.4 is 0 Å². The van der Waals surface area contributed by atoms with Crippen LogP contribution in [0.2, 0.25) is 0 Å². The summed E-state index contributed by atoms with van der Waals surface area (Å²) in [6.07, 6.45) is -0.0934. The molecule has 13 heavy (non-hydrogen) atoms. The molecule has 80 valence electrons. The second-order valence-electron chi connectivity index (χ2n) is 3.33. The summed E-state index contributed by atoms with van der Waals surface area (Å²) in [6.45, 7) is 2.12. The minimum absolute atomic E-state index is 0.0250. The summed E-state index contributed by atoms with van der Waals surface area (Å²) in [5.74, 6) is -0.523. The van der Waals surface area contributed by atoms with Gasteiger partial charge in [-0.25, -0.2) is 0 Å². The Labute approximate surface area is 76.5 Å². The Kier molecular flexibility index (Phi) is 3.78. The van der Waals surface area contributed by atoms with Crippen LogP contribution in [0.5, 0.6) is 0 Å². The van der Waals surface area contributed by atoms with Crippen molar-refractivity contribution in [2.75, 3.05) is 19.4 Å². The second-order valence-corrected chi connectivity index (χ2v) is 6.99. The van der Waals surface area contributed by atoms with Crippen LogP contribution in [0, 0.1) is 0 Å². The third-order valence-corrected chi connectivity index (χ3v) is 2.78. The van der Waals surface area contributed by atoms with Gasteiger partial charge in [0.1, 0.15) is 0 Å². The zero-order valence-electron chi connectivity index (χ0n) is 7.71. The van der Waals surface area contributed by atoms with Crippen molar-refractivity contribution in [2.45, 2.75) is 13.3 Å². The van der Waals surface area contributed by atoms with Crippen molar-refractivity contribution in [2.24, 2.45) is 0 Å². The van der Waals surface area contributed by atoms with Crippen LogP contribution in [0.15, 0.2) is 0 Å². The standard InChI is InChI=1S/C6H16NO5P/c1-6(8)7(9)4-3-5-13(2,10,11)12/h9-12H,3-5H2,1-2H3. The predicted molar refractivity (Wildman–Crippen MR) is 48.2 cm³/mol. The molecule has 0 bridgehead atoms. The zero-order chi connectivity index (χ0) is 10.7. The number of carbonyl (C=O) groups excluding carboxylic acids is 1. The molecule has 0 aromatic heterocycles. The Morgan fingerprint density at radius 3 is 2.15 bits per heavy atom. The molecule has 0 aromatic rings. The van der Waals surface area contributed by atoms with E-state index < -0.39 is 13.2 Å². The third-order valence-electron chi connectivity index (χ3n) is 1.42. The average molecular weight is 213 g/mol. The second kappa shape index (κ2) is 3.86. The van der Waals surface area contributed by atoms with Gasteiger partial charge in [0.05, 0.1) is 0 Å². The molecule has 0 rings (SSSR count). The van der Waals surface area contributed by atoms with Crippen molar-refractivity contribution in [3.8, 4) is 0 Å². The fraction of sp³-hybridized carbons (Fsp3) is 0.833. The molecule has 7 heteroatoms. The van der Waals surface area contributed by atoms with Gasteiger partial charge in [0.2, 0.25) is 0 Å². The van der Waals surface area contributed by atoms with E-state index in [0.717, 1.165) is 6.66 Å². The molecule has 0 spiro atoms. The quantitative estimate of drug-likeness (QED) is 0.287. The number of hydroxylamine groups is 2. The number of amides is 1. The summed E-state index contributed by atoms with van der Waals surface area (Å²) in [5.41, 5.74) is 0. The molecular formula is C6H16NO5P. The molecular weight excluding hydrogens is 197 g/mol. The molecule has 0 heterocycles. The van der Waals surface area contributed by atoms with Crippen LogP contribution in [0.25, 0.3) is 0 Å².